The van der Waals surface area contributed by atoms with E-state index < -0.39 is 0 Å². The molecule has 0 N–H and O–H groups in total. The molecule has 0 bridgehead atoms. The van der Waals surface area contributed by atoms with Crippen LogP contribution < -0.4 is 14.2 Å². The van der Waals surface area contributed by atoms with Crippen LogP contribution in [0, 0.1) is 0 Å². The number of methoxy groups -OCH3 is 1. The van der Waals surface area contributed by atoms with Gasteiger partial charge in [0, 0.05) is 17.5 Å². The summed E-state index contributed by atoms with van der Waals surface area (Å²) in [5, 5.41) is 7.10. The second-order valence-corrected chi connectivity index (χ2v) is 7.39. The van der Waals surface area contributed by atoms with Gasteiger partial charge < -0.3 is 14.2 Å². The molecular formula is C25H24N2O3. The largest absolute Gasteiger partial charge is 0.497 e. The Kier molecular flexibility index (Phi) is 4.79. The third kappa shape index (κ3) is 3.26. The van der Waals surface area contributed by atoms with Gasteiger partial charge in [-0.25, -0.2) is 5.01 Å². The molecule has 5 nitrogen and oxygen atoms in total. The van der Waals surface area contributed by atoms with Crippen molar-refractivity contribution in [1.82, 2.24) is 5.01 Å². The Hall–Kier alpha value is -3.47. The molecule has 0 fully saturated rings. The first-order valence-electron chi connectivity index (χ1n) is 10.3. The molecule has 152 valence electrons. The van der Waals surface area contributed by atoms with Gasteiger partial charge in [-0.05, 0) is 67.1 Å². The van der Waals surface area contributed by atoms with E-state index in [0.717, 1.165) is 40.5 Å². The minimum absolute atomic E-state index is 0.142. The Morgan fingerprint density at radius 3 is 2.43 bits per heavy atom. The fourth-order valence-corrected chi connectivity index (χ4v) is 4.11. The SMILES string of the molecule is CCOc1ccc(C2=NN3[C@@H](C2)c2ccccc2O[C@H]3c2ccc(OC)cc2)cc1. The van der Waals surface area contributed by atoms with Crippen molar-refractivity contribution in [2.24, 2.45) is 5.10 Å². The first kappa shape index (κ1) is 18.6. The van der Waals surface area contributed by atoms with Crippen molar-refractivity contribution in [2.75, 3.05) is 13.7 Å². The van der Waals surface area contributed by atoms with E-state index in [-0.39, 0.29) is 12.3 Å². The van der Waals surface area contributed by atoms with Crippen LogP contribution in [0.25, 0.3) is 0 Å². The summed E-state index contributed by atoms with van der Waals surface area (Å²) >= 11 is 0. The molecule has 0 saturated heterocycles. The van der Waals surface area contributed by atoms with Crippen LogP contribution in [0.4, 0.5) is 0 Å². The lowest BCUT2D eigenvalue weighted by Crippen LogP contribution is -2.33. The molecule has 2 aliphatic rings. The second kappa shape index (κ2) is 7.75. The van der Waals surface area contributed by atoms with Gasteiger partial charge in [0.15, 0.2) is 0 Å². The van der Waals surface area contributed by atoms with E-state index in [1.807, 2.05) is 55.5 Å². The summed E-state index contributed by atoms with van der Waals surface area (Å²) in [6.07, 6.45) is 0.553. The maximum atomic E-state index is 6.40. The molecule has 0 saturated carbocycles. The maximum absolute atomic E-state index is 6.40. The molecule has 3 aromatic rings. The summed E-state index contributed by atoms with van der Waals surface area (Å²) in [5.74, 6) is 2.62. The first-order valence-corrected chi connectivity index (χ1v) is 10.3. The molecule has 5 rings (SSSR count). The fraction of sp³-hybridized carbons (Fsp3) is 0.240. The number of nitrogens with zero attached hydrogens (tertiary/aromatic N) is 2. The smallest absolute Gasteiger partial charge is 0.213 e. The van der Waals surface area contributed by atoms with Crippen molar-refractivity contribution in [3.63, 3.8) is 0 Å². The Morgan fingerprint density at radius 2 is 1.70 bits per heavy atom. The van der Waals surface area contributed by atoms with Gasteiger partial charge in [0.1, 0.15) is 17.2 Å². The number of benzene rings is 3. The highest BCUT2D eigenvalue weighted by Gasteiger charge is 2.40. The van der Waals surface area contributed by atoms with Crippen LogP contribution in [0.3, 0.4) is 0 Å². The molecule has 0 unspecified atom stereocenters. The van der Waals surface area contributed by atoms with Gasteiger partial charge in [0.25, 0.3) is 0 Å². The summed E-state index contributed by atoms with van der Waals surface area (Å²) in [5.41, 5.74) is 4.39. The van der Waals surface area contributed by atoms with Crippen LogP contribution >= 0.6 is 0 Å². The first-order chi connectivity index (χ1) is 14.8. The van der Waals surface area contributed by atoms with E-state index in [1.165, 1.54) is 5.56 Å². The van der Waals surface area contributed by atoms with Gasteiger partial charge in [-0.3, -0.25) is 0 Å². The van der Waals surface area contributed by atoms with E-state index in [0.29, 0.717) is 6.61 Å². The van der Waals surface area contributed by atoms with Crippen LogP contribution in [0.5, 0.6) is 17.2 Å². The van der Waals surface area contributed by atoms with Crippen LogP contribution in [-0.2, 0) is 0 Å². The highest BCUT2D eigenvalue weighted by molar-refractivity contribution is 6.02. The van der Waals surface area contributed by atoms with Crippen LogP contribution in [0.15, 0.2) is 77.9 Å². The molecule has 3 aromatic carbocycles. The Labute approximate surface area is 176 Å². The number of para-hydroxylation sites is 1. The quantitative estimate of drug-likeness (QED) is 0.580. The third-order valence-electron chi connectivity index (χ3n) is 5.60. The van der Waals surface area contributed by atoms with Gasteiger partial charge >= 0.3 is 0 Å². The standard InChI is InChI=1S/C25H24N2O3/c1-3-29-20-14-8-17(9-15-20)22-16-23-21-6-4-5-7-24(21)30-25(27(23)26-22)18-10-12-19(28-2)13-11-18/h4-15,23,25H,3,16H2,1-2H3/t23-,25-/m0/s1. The average Bonchev–Trinajstić information content (AvgIpc) is 3.25. The lowest BCUT2D eigenvalue weighted by Gasteiger charge is -2.38. The van der Waals surface area contributed by atoms with Crippen molar-refractivity contribution in [2.45, 2.75) is 25.6 Å². The average molecular weight is 400 g/mol. The highest BCUT2D eigenvalue weighted by Crippen LogP contribution is 2.47. The number of hydrogen-bond donors (Lipinski definition) is 0. The molecule has 0 aromatic heterocycles. The zero-order valence-electron chi connectivity index (χ0n) is 17.1. The van der Waals surface area contributed by atoms with Crippen molar-refractivity contribution >= 4 is 5.71 Å². The number of fused-ring (bicyclic) bond motifs is 3. The van der Waals surface area contributed by atoms with Gasteiger partial charge in [-0.1, -0.05) is 18.2 Å². The van der Waals surface area contributed by atoms with Gasteiger partial charge in [-0.2, -0.15) is 5.10 Å². The number of hydrazone groups is 1. The molecule has 5 heteroatoms. The normalized spacial score (nSPS) is 19.4. The van der Waals surface area contributed by atoms with E-state index in [9.17, 15) is 0 Å². The number of rotatable bonds is 5. The summed E-state index contributed by atoms with van der Waals surface area (Å²) < 4.78 is 17.3. The van der Waals surface area contributed by atoms with Crippen molar-refractivity contribution < 1.29 is 14.2 Å². The molecule has 0 aliphatic carbocycles. The molecule has 0 spiro atoms. The predicted molar refractivity (Wildman–Crippen MR) is 116 cm³/mol. The summed E-state index contributed by atoms with van der Waals surface area (Å²) in [4.78, 5) is 0. The molecule has 30 heavy (non-hydrogen) atoms. The van der Waals surface area contributed by atoms with E-state index >= 15 is 0 Å². The lowest BCUT2D eigenvalue weighted by molar-refractivity contribution is -0.0190. The monoisotopic (exact) mass is 400 g/mol. The van der Waals surface area contributed by atoms with E-state index in [4.69, 9.17) is 19.3 Å². The zero-order chi connectivity index (χ0) is 20.5. The summed E-state index contributed by atoms with van der Waals surface area (Å²) in [7, 11) is 1.67. The highest BCUT2D eigenvalue weighted by atomic mass is 16.5. The number of hydrogen-bond acceptors (Lipinski definition) is 5. The fourth-order valence-electron chi connectivity index (χ4n) is 4.11. The molecule has 2 atom stereocenters. The molecule has 2 heterocycles. The Bertz CT molecular complexity index is 1060. The number of ether oxygens (including phenoxy) is 3. The van der Waals surface area contributed by atoms with Gasteiger partial charge in [0.2, 0.25) is 6.23 Å². The maximum Gasteiger partial charge on any atom is 0.213 e. The Balaban J connectivity index is 1.51. The Morgan fingerprint density at radius 1 is 0.967 bits per heavy atom. The predicted octanol–water partition coefficient (Wildman–Crippen LogP) is 5.34. The zero-order valence-corrected chi connectivity index (χ0v) is 17.1. The van der Waals surface area contributed by atoms with Gasteiger partial charge in [0.05, 0.1) is 25.5 Å². The minimum Gasteiger partial charge on any atom is -0.497 e. The summed E-state index contributed by atoms with van der Waals surface area (Å²) in [6.45, 7) is 2.65. The summed E-state index contributed by atoms with van der Waals surface area (Å²) in [6, 6.07) is 24.6. The third-order valence-corrected chi connectivity index (χ3v) is 5.60. The van der Waals surface area contributed by atoms with Crippen LogP contribution in [0.2, 0.25) is 0 Å². The van der Waals surface area contributed by atoms with Crippen LogP contribution in [-0.4, -0.2) is 24.4 Å². The molecular weight excluding hydrogens is 376 g/mol. The second-order valence-electron chi connectivity index (χ2n) is 7.39. The molecule has 0 amide bonds. The van der Waals surface area contributed by atoms with Crippen molar-refractivity contribution in [3.05, 3.63) is 89.5 Å². The molecule has 2 aliphatic heterocycles. The van der Waals surface area contributed by atoms with Crippen LogP contribution in [0.1, 0.15) is 42.3 Å². The minimum atomic E-state index is -0.281. The lowest BCUT2D eigenvalue weighted by atomic mass is 9.96. The van der Waals surface area contributed by atoms with E-state index in [2.05, 4.69) is 29.3 Å². The molecule has 0 radical (unpaired) electrons. The topological polar surface area (TPSA) is 43.3 Å². The van der Waals surface area contributed by atoms with E-state index in [1.54, 1.807) is 7.11 Å². The van der Waals surface area contributed by atoms with Crippen molar-refractivity contribution in [1.29, 1.82) is 0 Å². The van der Waals surface area contributed by atoms with Gasteiger partial charge in [-0.15, -0.1) is 0 Å². The van der Waals surface area contributed by atoms with Crippen molar-refractivity contribution in [3.8, 4) is 17.2 Å².